The first-order valence-electron chi connectivity index (χ1n) is 10.8. The molecule has 12 heteroatoms. The zero-order valence-electron chi connectivity index (χ0n) is 19.0. The van der Waals surface area contributed by atoms with E-state index in [4.69, 9.17) is 9.97 Å². The molecular formula is C22H22N4O4S4. The minimum absolute atomic E-state index is 0.256. The number of hydrogen-bond acceptors (Lipinski definition) is 10. The highest BCUT2D eigenvalue weighted by molar-refractivity contribution is 7.28. The van der Waals surface area contributed by atoms with Gasteiger partial charge in [0.2, 0.25) is 0 Å². The van der Waals surface area contributed by atoms with E-state index in [0.717, 1.165) is 43.8 Å². The van der Waals surface area contributed by atoms with Crippen LogP contribution in [-0.4, -0.2) is 42.1 Å². The van der Waals surface area contributed by atoms with Gasteiger partial charge in [0.1, 0.15) is 9.75 Å². The first-order chi connectivity index (χ1) is 16.3. The summed E-state index contributed by atoms with van der Waals surface area (Å²) in [6.45, 7) is 7.85. The van der Waals surface area contributed by atoms with Gasteiger partial charge in [0.25, 0.3) is 0 Å². The standard InChI is InChI=1S/C22H22N4O4S4/c1-5-9-13(31-17(23-9)19-25-11(7-3)15(33-19)21(27)28)14-10(6-2)24-18(32-14)20-26-12(8-4)16(34-20)22(29)30/h5-8H2,1-4H3,(H,27,28)(H,29,30). The number of carboxylic acids is 2. The third kappa shape index (κ3) is 4.42. The van der Waals surface area contributed by atoms with Crippen LogP contribution in [0.25, 0.3) is 29.8 Å². The number of rotatable bonds is 9. The molecule has 8 nitrogen and oxygen atoms in total. The van der Waals surface area contributed by atoms with Crippen molar-refractivity contribution < 1.29 is 19.8 Å². The largest absolute Gasteiger partial charge is 0.477 e. The molecule has 0 spiro atoms. The fraction of sp³-hybridized carbons (Fsp3) is 0.364. The number of thiazole rings is 4. The Morgan fingerprint density at radius 3 is 1.12 bits per heavy atom. The third-order valence-corrected chi connectivity index (χ3v) is 9.91. The van der Waals surface area contributed by atoms with E-state index in [2.05, 4.69) is 9.97 Å². The summed E-state index contributed by atoms with van der Waals surface area (Å²) in [5, 5.41) is 21.6. The lowest BCUT2D eigenvalue weighted by Crippen LogP contribution is -1.97. The maximum atomic E-state index is 11.6. The van der Waals surface area contributed by atoms with Crippen molar-refractivity contribution in [3.63, 3.8) is 0 Å². The van der Waals surface area contributed by atoms with Crippen molar-refractivity contribution >= 4 is 57.3 Å². The van der Waals surface area contributed by atoms with Gasteiger partial charge in [0.05, 0.1) is 32.5 Å². The van der Waals surface area contributed by atoms with E-state index in [9.17, 15) is 19.8 Å². The summed E-state index contributed by atoms with van der Waals surface area (Å²) in [5.74, 6) is -1.94. The Hall–Kier alpha value is -2.54. The number of aromatic carboxylic acids is 2. The van der Waals surface area contributed by atoms with Gasteiger partial charge in [-0.2, -0.15) is 0 Å². The van der Waals surface area contributed by atoms with Crippen LogP contribution in [0.15, 0.2) is 0 Å². The second kappa shape index (κ2) is 9.98. The molecule has 0 saturated carbocycles. The van der Waals surface area contributed by atoms with Gasteiger partial charge in [-0.05, 0) is 25.7 Å². The number of aryl methyl sites for hydroxylation is 4. The average molecular weight is 535 g/mol. The van der Waals surface area contributed by atoms with Crippen LogP contribution in [0.5, 0.6) is 0 Å². The Bertz CT molecular complexity index is 1280. The lowest BCUT2D eigenvalue weighted by Gasteiger charge is -1.98. The molecule has 0 aliphatic rings. The van der Waals surface area contributed by atoms with Crippen molar-refractivity contribution in [3.05, 3.63) is 32.5 Å². The van der Waals surface area contributed by atoms with Gasteiger partial charge in [0, 0.05) is 0 Å². The molecule has 0 fully saturated rings. The fourth-order valence-corrected chi connectivity index (χ4v) is 7.93. The summed E-state index contributed by atoms with van der Waals surface area (Å²) in [4.78, 5) is 44.4. The van der Waals surface area contributed by atoms with Crippen molar-refractivity contribution in [2.75, 3.05) is 0 Å². The maximum absolute atomic E-state index is 11.6. The van der Waals surface area contributed by atoms with Crippen LogP contribution in [0.4, 0.5) is 0 Å². The molecule has 0 atom stereocenters. The number of carboxylic acid groups (broad SMARTS) is 2. The van der Waals surface area contributed by atoms with E-state index < -0.39 is 11.9 Å². The van der Waals surface area contributed by atoms with Gasteiger partial charge >= 0.3 is 11.9 Å². The topological polar surface area (TPSA) is 126 Å². The molecule has 0 aromatic carbocycles. The van der Waals surface area contributed by atoms with Crippen LogP contribution in [0.1, 0.15) is 69.8 Å². The highest BCUT2D eigenvalue weighted by atomic mass is 32.1. The molecule has 0 unspecified atom stereocenters. The summed E-state index contributed by atoms with van der Waals surface area (Å²) >= 11 is 5.30. The van der Waals surface area contributed by atoms with E-state index in [1.807, 2.05) is 27.7 Å². The van der Waals surface area contributed by atoms with E-state index in [-0.39, 0.29) is 9.75 Å². The molecule has 4 heterocycles. The molecule has 178 valence electrons. The van der Waals surface area contributed by atoms with Gasteiger partial charge in [-0.15, -0.1) is 45.3 Å². The third-order valence-electron chi connectivity index (χ3n) is 5.09. The Labute approximate surface area is 212 Å². The summed E-state index contributed by atoms with van der Waals surface area (Å²) < 4.78 is 0. The smallest absolute Gasteiger partial charge is 0.347 e. The molecule has 0 aliphatic heterocycles. The monoisotopic (exact) mass is 534 g/mol. The van der Waals surface area contributed by atoms with E-state index in [1.54, 1.807) is 0 Å². The maximum Gasteiger partial charge on any atom is 0.347 e. The molecular weight excluding hydrogens is 513 g/mol. The molecule has 0 aliphatic carbocycles. The predicted octanol–water partition coefficient (Wildman–Crippen LogP) is 6.16. The summed E-state index contributed by atoms with van der Waals surface area (Å²) in [7, 11) is 0. The first kappa shape index (κ1) is 24.6. The highest BCUT2D eigenvalue weighted by Gasteiger charge is 2.25. The lowest BCUT2D eigenvalue weighted by molar-refractivity contribution is 0.0689. The Morgan fingerprint density at radius 1 is 0.559 bits per heavy atom. The van der Waals surface area contributed by atoms with Crippen LogP contribution in [-0.2, 0) is 25.7 Å². The number of hydrogen-bond donors (Lipinski definition) is 2. The van der Waals surface area contributed by atoms with Crippen molar-refractivity contribution in [2.45, 2.75) is 53.4 Å². The average Bonchev–Trinajstić information content (AvgIpc) is 3.60. The van der Waals surface area contributed by atoms with Crippen LogP contribution in [0.3, 0.4) is 0 Å². The second-order valence-corrected chi connectivity index (χ2v) is 11.2. The van der Waals surface area contributed by atoms with Gasteiger partial charge < -0.3 is 10.2 Å². The lowest BCUT2D eigenvalue weighted by atomic mass is 10.2. The zero-order valence-corrected chi connectivity index (χ0v) is 22.2. The SMILES string of the molecule is CCc1nc(-c2nc(CC)c(-c3sc(-c4nc(CC)c(C(=O)O)s4)nc3CC)s2)sc1C(=O)O. The second-order valence-electron chi connectivity index (χ2n) is 7.20. The summed E-state index contributed by atoms with van der Waals surface area (Å²) in [6, 6.07) is 0. The molecule has 0 radical (unpaired) electrons. The fourth-order valence-electron chi connectivity index (χ4n) is 3.42. The van der Waals surface area contributed by atoms with Crippen molar-refractivity contribution in [1.82, 2.24) is 19.9 Å². The van der Waals surface area contributed by atoms with Crippen LogP contribution in [0.2, 0.25) is 0 Å². The van der Waals surface area contributed by atoms with E-state index >= 15 is 0 Å². The predicted molar refractivity (Wildman–Crippen MR) is 137 cm³/mol. The molecule has 34 heavy (non-hydrogen) atoms. The van der Waals surface area contributed by atoms with Gasteiger partial charge in [0.15, 0.2) is 20.0 Å². The Balaban J connectivity index is 1.80. The van der Waals surface area contributed by atoms with Crippen molar-refractivity contribution in [1.29, 1.82) is 0 Å². The summed E-state index contributed by atoms with van der Waals surface area (Å²) in [5.41, 5.74) is 2.96. The van der Waals surface area contributed by atoms with Crippen LogP contribution < -0.4 is 0 Å². The zero-order chi connectivity index (χ0) is 24.6. The Morgan fingerprint density at radius 2 is 0.853 bits per heavy atom. The van der Waals surface area contributed by atoms with E-state index in [1.165, 1.54) is 22.7 Å². The quantitative estimate of drug-likeness (QED) is 0.261. The van der Waals surface area contributed by atoms with Crippen molar-refractivity contribution in [3.8, 4) is 29.8 Å². The normalized spacial score (nSPS) is 11.3. The molecule has 4 aromatic rings. The number of aromatic nitrogens is 4. The van der Waals surface area contributed by atoms with Crippen LogP contribution >= 0.6 is 45.3 Å². The molecule has 4 aromatic heterocycles. The van der Waals surface area contributed by atoms with Gasteiger partial charge in [-0.3, -0.25) is 0 Å². The highest BCUT2D eigenvalue weighted by Crippen LogP contribution is 2.44. The molecule has 0 bridgehead atoms. The van der Waals surface area contributed by atoms with Crippen molar-refractivity contribution in [2.24, 2.45) is 0 Å². The van der Waals surface area contributed by atoms with Crippen LogP contribution in [0, 0.1) is 0 Å². The van der Waals surface area contributed by atoms with Gasteiger partial charge in [-0.25, -0.2) is 29.5 Å². The van der Waals surface area contributed by atoms with E-state index in [0.29, 0.717) is 57.1 Å². The molecule has 2 N–H and O–H groups in total. The first-order valence-corrected chi connectivity index (χ1v) is 14.0. The molecule has 4 rings (SSSR count). The molecule has 0 amide bonds. The number of nitrogens with zero attached hydrogens (tertiary/aromatic N) is 4. The molecule has 0 saturated heterocycles. The van der Waals surface area contributed by atoms with Gasteiger partial charge in [-0.1, -0.05) is 27.7 Å². The number of carbonyl (C=O) groups is 2. The summed E-state index contributed by atoms with van der Waals surface area (Å²) in [6.07, 6.45) is 2.50. The minimum atomic E-state index is -0.968. The minimum Gasteiger partial charge on any atom is -0.477 e. The Kier molecular flexibility index (Phi) is 7.22.